The molecule has 1 aromatic carbocycles. The van der Waals surface area contributed by atoms with Crippen molar-refractivity contribution >= 4 is 33.5 Å². The third-order valence-electron chi connectivity index (χ3n) is 2.99. The first-order chi connectivity index (χ1) is 10.0. The molecule has 1 heterocycles. The van der Waals surface area contributed by atoms with Gasteiger partial charge in [-0.05, 0) is 52.7 Å². The number of hydrogen-bond donors (Lipinski definition) is 2. The molecule has 0 saturated carbocycles. The molecule has 0 aliphatic heterocycles. The van der Waals surface area contributed by atoms with Crippen LogP contribution in [0.5, 0.6) is 0 Å². The number of nitrogens with one attached hydrogen (secondary N) is 1. The molecule has 0 fully saturated rings. The number of halogens is 1. The number of carboxylic acid groups (broad SMARTS) is 1. The Labute approximate surface area is 130 Å². The molecule has 2 aromatic rings. The molecule has 21 heavy (non-hydrogen) atoms. The van der Waals surface area contributed by atoms with Crippen molar-refractivity contribution in [1.29, 1.82) is 0 Å². The molecule has 2 N–H and O–H groups in total. The zero-order chi connectivity index (χ0) is 15.4. The number of anilines is 1. The van der Waals surface area contributed by atoms with Gasteiger partial charge in [-0.15, -0.1) is 0 Å². The summed E-state index contributed by atoms with van der Waals surface area (Å²) in [7, 11) is 0. The molecule has 0 aliphatic rings. The second-order valence-electron chi connectivity index (χ2n) is 4.54. The minimum absolute atomic E-state index is 0.161. The number of aryl methyl sites for hydroxylation is 1. The molecular formula is C15H15BrN2O3. The van der Waals surface area contributed by atoms with Crippen molar-refractivity contribution in [2.75, 3.05) is 5.32 Å². The second-order valence-corrected chi connectivity index (χ2v) is 5.40. The van der Waals surface area contributed by atoms with Crippen LogP contribution in [0.4, 0.5) is 5.69 Å². The van der Waals surface area contributed by atoms with Crippen molar-refractivity contribution in [3.8, 4) is 0 Å². The average molecular weight is 351 g/mol. The van der Waals surface area contributed by atoms with E-state index in [1.807, 2.05) is 23.8 Å². The number of rotatable bonds is 5. The van der Waals surface area contributed by atoms with E-state index in [0.717, 1.165) is 13.0 Å². The fourth-order valence-electron chi connectivity index (χ4n) is 1.99. The van der Waals surface area contributed by atoms with Crippen LogP contribution in [0.1, 0.15) is 34.2 Å². The molecule has 1 amide bonds. The molecule has 0 atom stereocenters. The van der Waals surface area contributed by atoms with Crippen molar-refractivity contribution in [3.05, 3.63) is 52.3 Å². The lowest BCUT2D eigenvalue weighted by molar-refractivity contribution is 0.0696. The van der Waals surface area contributed by atoms with Crippen molar-refractivity contribution in [2.45, 2.75) is 19.9 Å². The zero-order valence-corrected chi connectivity index (χ0v) is 13.1. The zero-order valence-electron chi connectivity index (χ0n) is 11.5. The molecule has 0 saturated heterocycles. The summed E-state index contributed by atoms with van der Waals surface area (Å²) in [6.45, 7) is 2.82. The summed E-state index contributed by atoms with van der Waals surface area (Å²) in [6, 6.07) is 8.06. The highest BCUT2D eigenvalue weighted by molar-refractivity contribution is 9.10. The monoisotopic (exact) mass is 350 g/mol. The Hall–Kier alpha value is -2.08. The van der Waals surface area contributed by atoms with Crippen LogP contribution in [0, 0.1) is 0 Å². The predicted molar refractivity (Wildman–Crippen MR) is 83.8 cm³/mol. The Morgan fingerprint density at radius 1 is 1.33 bits per heavy atom. The Morgan fingerprint density at radius 3 is 2.71 bits per heavy atom. The summed E-state index contributed by atoms with van der Waals surface area (Å²) in [4.78, 5) is 23.2. The summed E-state index contributed by atoms with van der Waals surface area (Å²) in [6.07, 6.45) is 2.80. The highest BCUT2D eigenvalue weighted by Crippen LogP contribution is 2.24. The topological polar surface area (TPSA) is 71.3 Å². The van der Waals surface area contributed by atoms with Crippen LogP contribution in [0.25, 0.3) is 0 Å². The minimum Gasteiger partial charge on any atom is -0.478 e. The highest BCUT2D eigenvalue weighted by atomic mass is 79.9. The van der Waals surface area contributed by atoms with E-state index in [9.17, 15) is 9.59 Å². The van der Waals surface area contributed by atoms with Crippen molar-refractivity contribution < 1.29 is 14.7 Å². The lowest BCUT2D eigenvalue weighted by Gasteiger charge is -2.10. The maximum Gasteiger partial charge on any atom is 0.335 e. The van der Waals surface area contributed by atoms with Gasteiger partial charge < -0.3 is 15.0 Å². The van der Waals surface area contributed by atoms with Gasteiger partial charge in [0.05, 0.1) is 11.3 Å². The Kier molecular flexibility index (Phi) is 4.80. The highest BCUT2D eigenvalue weighted by Gasteiger charge is 2.13. The van der Waals surface area contributed by atoms with Crippen molar-refractivity contribution in [2.24, 2.45) is 0 Å². The number of carboxylic acids is 1. The molecule has 0 aliphatic carbocycles. The normalized spacial score (nSPS) is 10.4. The molecule has 1 aromatic heterocycles. The first-order valence-corrected chi connectivity index (χ1v) is 7.31. The maximum absolute atomic E-state index is 12.3. The minimum atomic E-state index is -1.01. The molecule has 2 rings (SSSR count). The van der Waals surface area contributed by atoms with Crippen molar-refractivity contribution in [1.82, 2.24) is 4.57 Å². The lowest BCUT2D eigenvalue weighted by Crippen LogP contribution is -2.17. The predicted octanol–water partition coefficient (Wildman–Crippen LogP) is 3.61. The molecule has 0 unspecified atom stereocenters. The Balaban J connectivity index is 2.19. The van der Waals surface area contributed by atoms with Crippen LogP contribution in [0.15, 0.2) is 41.0 Å². The molecule has 0 bridgehead atoms. The number of aromatic carboxylic acids is 1. The number of amides is 1. The van der Waals surface area contributed by atoms with Crippen molar-refractivity contribution in [3.63, 3.8) is 0 Å². The number of carbonyl (C=O) groups excluding carboxylic acids is 1. The van der Waals surface area contributed by atoms with E-state index in [0.29, 0.717) is 15.9 Å². The third kappa shape index (κ3) is 3.52. The van der Waals surface area contributed by atoms with Gasteiger partial charge >= 0.3 is 5.97 Å². The quantitative estimate of drug-likeness (QED) is 0.865. The van der Waals surface area contributed by atoms with E-state index in [-0.39, 0.29) is 11.5 Å². The Bertz CT molecular complexity index is 679. The van der Waals surface area contributed by atoms with Crippen LogP contribution < -0.4 is 5.32 Å². The molecule has 6 heteroatoms. The Morgan fingerprint density at radius 2 is 2.10 bits per heavy atom. The number of aromatic nitrogens is 1. The van der Waals surface area contributed by atoms with Crippen LogP contribution in [0.3, 0.4) is 0 Å². The van der Waals surface area contributed by atoms with E-state index in [4.69, 9.17) is 5.11 Å². The summed E-state index contributed by atoms with van der Waals surface area (Å²) < 4.78 is 2.42. The van der Waals surface area contributed by atoms with Crippen LogP contribution >= 0.6 is 15.9 Å². The van der Waals surface area contributed by atoms with Gasteiger partial charge in [0.15, 0.2) is 0 Å². The summed E-state index contributed by atoms with van der Waals surface area (Å²) >= 11 is 3.27. The lowest BCUT2D eigenvalue weighted by atomic mass is 10.2. The third-order valence-corrected chi connectivity index (χ3v) is 3.65. The van der Waals surface area contributed by atoms with E-state index in [2.05, 4.69) is 21.2 Å². The first-order valence-electron chi connectivity index (χ1n) is 6.52. The van der Waals surface area contributed by atoms with Gasteiger partial charge in [0.2, 0.25) is 0 Å². The van der Waals surface area contributed by atoms with Gasteiger partial charge in [-0.1, -0.05) is 6.92 Å². The summed E-state index contributed by atoms with van der Waals surface area (Å²) in [5.74, 6) is -1.23. The number of nitrogens with zero attached hydrogens (tertiary/aromatic N) is 1. The fraction of sp³-hybridized carbons (Fsp3) is 0.200. The smallest absolute Gasteiger partial charge is 0.335 e. The number of hydrogen-bond acceptors (Lipinski definition) is 2. The van der Waals surface area contributed by atoms with Crippen LogP contribution in [0.2, 0.25) is 0 Å². The first kappa shape index (κ1) is 15.3. The van der Waals surface area contributed by atoms with E-state index in [1.54, 1.807) is 12.1 Å². The number of benzene rings is 1. The van der Waals surface area contributed by atoms with Gasteiger partial charge in [0.25, 0.3) is 5.91 Å². The van der Waals surface area contributed by atoms with E-state index >= 15 is 0 Å². The van der Waals surface area contributed by atoms with Gasteiger partial charge in [0, 0.05) is 17.2 Å². The van der Waals surface area contributed by atoms with Gasteiger partial charge in [-0.25, -0.2) is 4.79 Å². The molecular weight excluding hydrogens is 336 g/mol. The SMILES string of the molecule is CCCn1cccc1C(=O)Nc1ccc(C(=O)O)cc1Br. The second kappa shape index (κ2) is 6.58. The number of carbonyl (C=O) groups is 2. The summed E-state index contributed by atoms with van der Waals surface area (Å²) in [5.41, 5.74) is 1.27. The van der Waals surface area contributed by atoms with E-state index < -0.39 is 5.97 Å². The molecule has 110 valence electrons. The molecule has 0 radical (unpaired) electrons. The standard InChI is InChI=1S/C15H15BrN2O3/c1-2-7-18-8-3-4-13(18)14(19)17-12-6-5-10(15(20)21)9-11(12)16/h3-6,8-9H,2,7H2,1H3,(H,17,19)(H,20,21). The molecule has 0 spiro atoms. The average Bonchev–Trinajstić information content (AvgIpc) is 2.89. The summed E-state index contributed by atoms with van der Waals surface area (Å²) in [5, 5.41) is 11.7. The fourth-order valence-corrected chi connectivity index (χ4v) is 2.47. The maximum atomic E-state index is 12.3. The molecule has 5 nitrogen and oxygen atoms in total. The van der Waals surface area contributed by atoms with Crippen LogP contribution in [-0.4, -0.2) is 21.6 Å². The van der Waals surface area contributed by atoms with Gasteiger partial charge in [0.1, 0.15) is 5.69 Å². The van der Waals surface area contributed by atoms with Gasteiger partial charge in [-0.3, -0.25) is 4.79 Å². The largest absolute Gasteiger partial charge is 0.478 e. The van der Waals surface area contributed by atoms with Crippen LogP contribution in [-0.2, 0) is 6.54 Å². The van der Waals surface area contributed by atoms with E-state index in [1.165, 1.54) is 12.1 Å². The van der Waals surface area contributed by atoms with Gasteiger partial charge in [-0.2, -0.15) is 0 Å².